The van der Waals surface area contributed by atoms with Crippen molar-refractivity contribution < 1.29 is 43.1 Å². The Labute approximate surface area is 405 Å². The Bertz CT molecular complexity index is 2640. The van der Waals surface area contributed by atoms with E-state index in [1.165, 1.54) is 14.0 Å². The van der Waals surface area contributed by atoms with E-state index >= 15 is 0 Å². The number of amides is 8. The molecule has 0 spiro atoms. The van der Waals surface area contributed by atoms with Crippen LogP contribution >= 0.6 is 0 Å². The van der Waals surface area contributed by atoms with Gasteiger partial charge in [0.25, 0.3) is 0 Å². The van der Waals surface area contributed by atoms with Crippen molar-refractivity contribution in [2.75, 3.05) is 13.1 Å². The van der Waals surface area contributed by atoms with Gasteiger partial charge in [-0.1, -0.05) is 72.8 Å². The van der Waals surface area contributed by atoms with Gasteiger partial charge >= 0.3 is 11.8 Å². The van der Waals surface area contributed by atoms with E-state index in [0.717, 1.165) is 16.7 Å². The van der Waals surface area contributed by atoms with Crippen LogP contribution in [0.4, 0.5) is 4.79 Å². The van der Waals surface area contributed by atoms with Crippen LogP contribution < -0.4 is 32.7 Å². The molecule has 4 heterocycles. The second-order valence-corrected chi connectivity index (χ2v) is 19.3. The maximum atomic E-state index is 14.7. The lowest BCUT2D eigenvalue weighted by atomic mass is 9.98. The van der Waals surface area contributed by atoms with E-state index in [1.54, 1.807) is 38.8 Å². The number of nitrogens with one attached hydrogen (secondary N) is 4. The summed E-state index contributed by atoms with van der Waals surface area (Å²) in [6, 6.07) is 18.7. The number of ether oxygens (including phenoxy) is 1. The van der Waals surface area contributed by atoms with Crippen LogP contribution in [0.25, 0.3) is 11.0 Å². The van der Waals surface area contributed by atoms with Crippen LogP contribution in [0.3, 0.4) is 0 Å². The Kier molecular flexibility index (Phi) is 15.9. The van der Waals surface area contributed by atoms with Crippen LogP contribution in [0.5, 0.6) is 0 Å². The minimum absolute atomic E-state index is 0.0966. The molecule has 3 saturated heterocycles. The van der Waals surface area contributed by atoms with Gasteiger partial charge < -0.3 is 36.2 Å². The first-order valence-corrected chi connectivity index (χ1v) is 24.0. The van der Waals surface area contributed by atoms with E-state index in [4.69, 9.17) is 10.5 Å². The molecule has 3 aliphatic heterocycles. The predicted molar refractivity (Wildman–Crippen MR) is 257 cm³/mol. The maximum absolute atomic E-state index is 14.7. The number of fused-ring (bicyclic) bond motifs is 2. The largest absolute Gasteiger partial charge is 0.444 e. The van der Waals surface area contributed by atoms with Gasteiger partial charge in [0.1, 0.15) is 29.8 Å². The molecule has 70 heavy (non-hydrogen) atoms. The third kappa shape index (κ3) is 11.9. The lowest BCUT2D eigenvalue weighted by Crippen LogP contribution is -2.62. The van der Waals surface area contributed by atoms with Crippen molar-refractivity contribution in [1.29, 1.82) is 0 Å². The van der Waals surface area contributed by atoms with Crippen LogP contribution in [-0.4, -0.2) is 109 Å². The molecule has 1 aromatic heterocycles. The maximum Gasteiger partial charge on any atom is 0.408 e. The van der Waals surface area contributed by atoms with E-state index in [-0.39, 0.29) is 69.1 Å². The Morgan fingerprint density at radius 2 is 1.51 bits per heavy atom. The summed E-state index contributed by atoms with van der Waals surface area (Å²) >= 11 is 0. The number of alkyl carbamates (subject to hydrolysis) is 1. The normalized spacial score (nSPS) is 20.0. The van der Waals surface area contributed by atoms with E-state index in [9.17, 15) is 43.2 Å². The summed E-state index contributed by atoms with van der Waals surface area (Å²) in [5.74, 6) is -3.52. The fraction of sp³-hybridized carbons (Fsp3) is 0.471. The van der Waals surface area contributed by atoms with E-state index < -0.39 is 77.5 Å². The first kappa shape index (κ1) is 50.6. The lowest BCUT2D eigenvalue weighted by Gasteiger charge is -2.39. The summed E-state index contributed by atoms with van der Waals surface area (Å²) in [5.41, 5.74) is 7.94. The van der Waals surface area contributed by atoms with E-state index in [2.05, 4.69) is 21.3 Å². The number of piperidine rings is 1. The van der Waals surface area contributed by atoms with E-state index in [0.29, 0.717) is 43.1 Å². The zero-order valence-corrected chi connectivity index (χ0v) is 40.1. The Morgan fingerprint density at radius 3 is 2.16 bits per heavy atom. The van der Waals surface area contributed by atoms with Crippen LogP contribution in [0, 0.1) is 0 Å². The number of rotatable bonds is 16. The molecular formula is C51H63N9O10. The van der Waals surface area contributed by atoms with Gasteiger partial charge in [0, 0.05) is 38.9 Å². The van der Waals surface area contributed by atoms with Crippen molar-refractivity contribution in [2.45, 2.75) is 133 Å². The fourth-order valence-corrected chi connectivity index (χ4v) is 9.83. The van der Waals surface area contributed by atoms with Crippen LogP contribution in [0.15, 0.2) is 83.7 Å². The first-order valence-electron chi connectivity index (χ1n) is 24.0. The van der Waals surface area contributed by atoms with Crippen molar-refractivity contribution >= 4 is 58.5 Å². The number of hydrogen-bond acceptors (Lipinski definition) is 10. The standard InChI is InChI=1S/C51H63N9O10/c1-51(2,3)70-49(68)54-36-30-58(42(63)21-12-11-18-33-19-13-20-37-44(33)57(4)50(69)60(37)39-25-27-41(62)55-47(39)66)29-28-34-22-24-38(59(34)48(36)67)46(65)53-35(23-26-40(52)61)45(64)56-43(31-14-7-5-8-15-31)32-16-9-6-10-17-32/h5-10,13-17,19-20,34-36,38-39,43H,11-12,18,21-30H2,1-4H3,(H2,52,61)(H,53,65)(H,54,68)(H,56,64)(H,55,62,66)/t34?,35-,36-,38-,39?/m0/s1. The predicted octanol–water partition coefficient (Wildman–Crippen LogP) is 3.17. The molecule has 0 radical (unpaired) electrons. The average molecular weight is 962 g/mol. The number of nitrogens with zero attached hydrogens (tertiary/aromatic N) is 4. The summed E-state index contributed by atoms with van der Waals surface area (Å²) in [7, 11) is 1.64. The average Bonchev–Trinajstić information content (AvgIpc) is 3.85. The van der Waals surface area contributed by atoms with Crippen LogP contribution in [0.1, 0.15) is 114 Å². The minimum Gasteiger partial charge on any atom is -0.444 e. The molecule has 2 unspecified atom stereocenters. The Hall–Kier alpha value is -7.31. The minimum atomic E-state index is -1.28. The number of para-hydroxylation sites is 1. The number of aromatic nitrogens is 2. The number of carbonyl (C=O) groups is 8. The highest BCUT2D eigenvalue weighted by Gasteiger charge is 2.46. The summed E-state index contributed by atoms with van der Waals surface area (Å²) < 4.78 is 8.47. The number of imidazole rings is 1. The van der Waals surface area contributed by atoms with Gasteiger partial charge in [-0.3, -0.25) is 48.0 Å². The quantitative estimate of drug-likeness (QED) is 0.0810. The molecule has 0 aliphatic carbocycles. The smallest absolute Gasteiger partial charge is 0.408 e. The van der Waals surface area contributed by atoms with Gasteiger partial charge in [0.2, 0.25) is 41.4 Å². The number of aryl methyl sites for hydroxylation is 2. The molecule has 0 bridgehead atoms. The Morgan fingerprint density at radius 1 is 0.829 bits per heavy atom. The van der Waals surface area contributed by atoms with Crippen molar-refractivity contribution in [3.63, 3.8) is 0 Å². The first-order chi connectivity index (χ1) is 33.4. The van der Waals surface area contributed by atoms with Gasteiger partial charge in [-0.2, -0.15) is 0 Å². The number of primary amides is 1. The van der Waals surface area contributed by atoms with Gasteiger partial charge in [0.15, 0.2) is 0 Å². The molecule has 6 N–H and O–H groups in total. The second-order valence-electron chi connectivity index (χ2n) is 19.3. The highest BCUT2D eigenvalue weighted by Crippen LogP contribution is 2.31. The summed E-state index contributed by atoms with van der Waals surface area (Å²) in [6.45, 7) is 5.08. The van der Waals surface area contributed by atoms with Gasteiger partial charge in [-0.25, -0.2) is 9.59 Å². The number of benzene rings is 3. The molecule has 3 aromatic carbocycles. The highest BCUT2D eigenvalue weighted by atomic mass is 16.6. The van der Waals surface area contributed by atoms with Crippen molar-refractivity contribution in [1.82, 2.24) is 40.2 Å². The summed E-state index contributed by atoms with van der Waals surface area (Å²) in [5, 5.41) is 10.9. The van der Waals surface area contributed by atoms with Crippen LogP contribution in [-0.2, 0) is 51.8 Å². The molecule has 19 nitrogen and oxygen atoms in total. The molecule has 5 atom stereocenters. The number of imide groups is 1. The topological polar surface area (TPSA) is 253 Å². The van der Waals surface area contributed by atoms with E-state index in [1.807, 2.05) is 72.8 Å². The summed E-state index contributed by atoms with van der Waals surface area (Å²) in [4.78, 5) is 124. The molecular weight excluding hydrogens is 899 g/mol. The van der Waals surface area contributed by atoms with Crippen molar-refractivity contribution in [3.8, 4) is 0 Å². The molecule has 19 heteroatoms. The monoisotopic (exact) mass is 961 g/mol. The van der Waals surface area contributed by atoms with Crippen molar-refractivity contribution in [3.05, 3.63) is 106 Å². The third-order valence-electron chi connectivity index (χ3n) is 13.2. The molecule has 7 rings (SSSR count). The SMILES string of the molecule is Cn1c(=O)n(C2CCC(=O)NC2=O)c2cccc(CCCCC(=O)N3CCC4CC[C@@H](C(=O)N[C@@H](CCC(N)=O)C(=O)NC(c5ccccc5)c5ccccc5)N4C(=O)[C@@H](NC(=O)OC(C)(C)C)C3)c21. The van der Waals surface area contributed by atoms with Crippen LogP contribution in [0.2, 0.25) is 0 Å². The highest BCUT2D eigenvalue weighted by molar-refractivity contribution is 6.00. The molecule has 3 fully saturated rings. The zero-order chi connectivity index (χ0) is 50.3. The number of unbranched alkanes of at least 4 members (excludes halogenated alkanes) is 1. The fourth-order valence-electron chi connectivity index (χ4n) is 9.83. The number of nitrogens with two attached hydrogens (primary N) is 1. The summed E-state index contributed by atoms with van der Waals surface area (Å²) in [6.07, 6.45) is 1.86. The van der Waals surface area contributed by atoms with Gasteiger partial charge in [-0.05, 0) is 94.9 Å². The number of carbonyl (C=O) groups excluding carboxylic acids is 8. The Balaban J connectivity index is 1.04. The van der Waals surface area contributed by atoms with Gasteiger partial charge in [0.05, 0.1) is 23.6 Å². The molecule has 8 amide bonds. The number of hydrogen-bond donors (Lipinski definition) is 5. The zero-order valence-electron chi connectivity index (χ0n) is 40.1. The lowest BCUT2D eigenvalue weighted by molar-refractivity contribution is -0.146. The molecule has 4 aromatic rings. The molecule has 0 saturated carbocycles. The van der Waals surface area contributed by atoms with Gasteiger partial charge in [-0.15, -0.1) is 0 Å². The molecule has 3 aliphatic rings. The van der Waals surface area contributed by atoms with Crippen molar-refractivity contribution in [2.24, 2.45) is 12.8 Å². The molecule has 372 valence electrons. The third-order valence-corrected chi connectivity index (χ3v) is 13.2. The second kappa shape index (κ2) is 22.0.